The first-order valence-corrected chi connectivity index (χ1v) is 13.0. The van der Waals surface area contributed by atoms with E-state index in [2.05, 4.69) is 10.3 Å². The largest absolute Gasteiger partial charge is 0.315 e. The fourth-order valence-corrected chi connectivity index (χ4v) is 3.62. The first-order valence-electron chi connectivity index (χ1n) is 9.77. The SMILES string of the molecule is Cc1ccc(S(=O)(=O)O)cc1.Cc1ccc(S(=O)(=O)O)cc1.Clc1ccc(C2CNC2)nc1. The molecule has 3 aromatic rings. The van der Waals surface area contributed by atoms with E-state index >= 15 is 0 Å². The first-order chi connectivity index (χ1) is 15.4. The Kier molecular flexibility index (Phi) is 9.53. The van der Waals surface area contributed by atoms with Crippen molar-refractivity contribution in [3.8, 4) is 0 Å². The van der Waals surface area contributed by atoms with Gasteiger partial charge >= 0.3 is 0 Å². The minimum absolute atomic E-state index is 0.0666. The topological polar surface area (TPSA) is 134 Å². The quantitative estimate of drug-likeness (QED) is 0.450. The highest BCUT2D eigenvalue weighted by molar-refractivity contribution is 7.86. The Bertz CT molecular complexity index is 1170. The van der Waals surface area contributed by atoms with Crippen molar-refractivity contribution >= 4 is 31.8 Å². The van der Waals surface area contributed by atoms with Crippen molar-refractivity contribution in [1.82, 2.24) is 10.3 Å². The molecule has 0 saturated carbocycles. The number of aryl methyl sites for hydroxylation is 2. The van der Waals surface area contributed by atoms with Gasteiger partial charge in [0.2, 0.25) is 0 Å². The van der Waals surface area contributed by atoms with Crippen molar-refractivity contribution in [1.29, 1.82) is 0 Å². The highest BCUT2D eigenvalue weighted by Crippen LogP contribution is 2.18. The molecule has 2 aromatic carbocycles. The van der Waals surface area contributed by atoms with Crippen molar-refractivity contribution in [3.05, 3.63) is 88.7 Å². The van der Waals surface area contributed by atoms with E-state index in [-0.39, 0.29) is 9.79 Å². The Morgan fingerprint density at radius 1 is 0.788 bits per heavy atom. The third-order valence-electron chi connectivity index (χ3n) is 4.59. The van der Waals surface area contributed by atoms with E-state index in [4.69, 9.17) is 20.7 Å². The monoisotopic (exact) mass is 512 g/mol. The summed E-state index contributed by atoms with van der Waals surface area (Å²) in [5, 5.41) is 3.91. The average molecular weight is 513 g/mol. The molecular formula is C22H25ClN2O6S2. The van der Waals surface area contributed by atoms with Gasteiger partial charge in [-0.2, -0.15) is 16.8 Å². The Balaban J connectivity index is 0.000000175. The third kappa shape index (κ3) is 9.20. The van der Waals surface area contributed by atoms with Gasteiger partial charge in [0, 0.05) is 30.9 Å². The summed E-state index contributed by atoms with van der Waals surface area (Å²) in [6, 6.07) is 15.9. The molecule has 1 fully saturated rings. The molecule has 0 bridgehead atoms. The zero-order valence-electron chi connectivity index (χ0n) is 18.0. The molecule has 3 N–H and O–H groups in total. The molecular weight excluding hydrogens is 488 g/mol. The molecule has 0 unspecified atom stereocenters. The Morgan fingerprint density at radius 2 is 1.21 bits per heavy atom. The number of hydrogen-bond donors (Lipinski definition) is 3. The van der Waals surface area contributed by atoms with Crippen molar-refractivity contribution in [2.24, 2.45) is 0 Å². The second kappa shape index (κ2) is 11.7. The normalized spacial score (nSPS) is 13.6. The van der Waals surface area contributed by atoms with E-state index in [1.165, 1.54) is 24.3 Å². The summed E-state index contributed by atoms with van der Waals surface area (Å²) in [4.78, 5) is 4.10. The van der Waals surface area contributed by atoms with Crippen LogP contribution in [0.1, 0.15) is 22.7 Å². The molecule has 1 aliphatic rings. The van der Waals surface area contributed by atoms with Gasteiger partial charge in [0.25, 0.3) is 20.2 Å². The number of hydrogen-bond acceptors (Lipinski definition) is 6. The lowest BCUT2D eigenvalue weighted by Crippen LogP contribution is -2.40. The Morgan fingerprint density at radius 3 is 1.48 bits per heavy atom. The summed E-state index contributed by atoms with van der Waals surface area (Å²) in [6.45, 7) is 5.78. The molecule has 33 heavy (non-hydrogen) atoms. The maximum Gasteiger partial charge on any atom is 0.294 e. The lowest BCUT2D eigenvalue weighted by atomic mass is 9.99. The number of benzene rings is 2. The van der Waals surface area contributed by atoms with E-state index in [1.807, 2.05) is 26.0 Å². The number of halogens is 1. The number of pyridine rings is 1. The van der Waals surface area contributed by atoms with Crippen molar-refractivity contribution in [3.63, 3.8) is 0 Å². The molecule has 8 nitrogen and oxygen atoms in total. The van der Waals surface area contributed by atoms with Crippen LogP contribution in [0.2, 0.25) is 5.02 Å². The number of nitrogens with one attached hydrogen (secondary N) is 1. The maximum atomic E-state index is 10.5. The summed E-state index contributed by atoms with van der Waals surface area (Å²) in [6.07, 6.45) is 1.70. The van der Waals surface area contributed by atoms with Gasteiger partial charge in [-0.1, -0.05) is 47.0 Å². The van der Waals surface area contributed by atoms with E-state index in [0.717, 1.165) is 29.9 Å². The third-order valence-corrected chi connectivity index (χ3v) is 6.55. The average Bonchev–Trinajstić information content (AvgIpc) is 2.69. The minimum atomic E-state index is -4.02. The summed E-state index contributed by atoms with van der Waals surface area (Å²) in [5.41, 5.74) is 3.06. The van der Waals surface area contributed by atoms with Crippen molar-refractivity contribution in [2.45, 2.75) is 29.6 Å². The lowest BCUT2D eigenvalue weighted by molar-refractivity contribution is 0.440. The highest BCUT2D eigenvalue weighted by atomic mass is 35.5. The maximum absolute atomic E-state index is 10.5. The number of aromatic nitrogens is 1. The van der Waals surface area contributed by atoms with Gasteiger partial charge in [0.1, 0.15) is 0 Å². The van der Waals surface area contributed by atoms with Crippen LogP contribution in [0, 0.1) is 13.8 Å². The van der Waals surface area contributed by atoms with Crippen LogP contribution >= 0.6 is 11.6 Å². The second-order valence-electron chi connectivity index (χ2n) is 7.33. The Hall–Kier alpha value is -2.34. The van der Waals surface area contributed by atoms with Gasteiger partial charge in [-0.05, 0) is 50.2 Å². The highest BCUT2D eigenvalue weighted by Gasteiger charge is 2.19. The molecule has 11 heteroatoms. The molecule has 0 radical (unpaired) electrons. The molecule has 2 heterocycles. The van der Waals surface area contributed by atoms with Gasteiger partial charge in [0.15, 0.2) is 0 Å². The number of nitrogens with zero attached hydrogens (tertiary/aromatic N) is 1. The molecule has 0 spiro atoms. The van der Waals surface area contributed by atoms with Gasteiger partial charge in [-0.15, -0.1) is 0 Å². The number of rotatable bonds is 3. The zero-order valence-corrected chi connectivity index (χ0v) is 20.4. The summed E-state index contributed by atoms with van der Waals surface area (Å²) in [7, 11) is -8.04. The van der Waals surface area contributed by atoms with Crippen LogP contribution in [0.3, 0.4) is 0 Å². The minimum Gasteiger partial charge on any atom is -0.315 e. The van der Waals surface area contributed by atoms with Crippen molar-refractivity contribution < 1.29 is 25.9 Å². The first kappa shape index (κ1) is 26.9. The molecule has 1 aromatic heterocycles. The zero-order chi connectivity index (χ0) is 24.6. The summed E-state index contributed by atoms with van der Waals surface area (Å²) >= 11 is 5.70. The van der Waals surface area contributed by atoms with Crippen LogP contribution in [0.4, 0.5) is 0 Å². The van der Waals surface area contributed by atoms with Gasteiger partial charge in [-0.25, -0.2) is 0 Å². The predicted octanol–water partition coefficient (Wildman–Crippen LogP) is 3.91. The van der Waals surface area contributed by atoms with E-state index in [1.54, 1.807) is 30.5 Å². The smallest absolute Gasteiger partial charge is 0.294 e. The van der Waals surface area contributed by atoms with Gasteiger partial charge in [0.05, 0.1) is 14.8 Å². The molecule has 0 atom stereocenters. The standard InChI is InChI=1S/C8H9ClN2.2C7H8O3S/c9-7-1-2-8(11-5-7)6-3-10-4-6;2*1-6-2-4-7(5-3-6)11(8,9)10/h1-2,5-6,10H,3-4H2;2*2-5H,1H3,(H,8,9,10). The summed E-state index contributed by atoms with van der Waals surface area (Å²) < 4.78 is 59.1. The van der Waals surface area contributed by atoms with E-state index in [9.17, 15) is 16.8 Å². The van der Waals surface area contributed by atoms with Crippen molar-refractivity contribution in [2.75, 3.05) is 13.1 Å². The van der Waals surface area contributed by atoms with Crippen LogP contribution in [-0.2, 0) is 20.2 Å². The van der Waals surface area contributed by atoms with Gasteiger partial charge < -0.3 is 5.32 Å². The molecule has 4 rings (SSSR count). The van der Waals surface area contributed by atoms with Crippen LogP contribution < -0.4 is 5.32 Å². The molecule has 1 saturated heterocycles. The lowest BCUT2D eigenvalue weighted by Gasteiger charge is -2.26. The molecule has 178 valence electrons. The van der Waals surface area contributed by atoms with Crippen LogP contribution in [0.15, 0.2) is 76.7 Å². The molecule has 0 amide bonds. The molecule has 0 aliphatic carbocycles. The van der Waals surface area contributed by atoms with E-state index < -0.39 is 20.2 Å². The predicted molar refractivity (Wildman–Crippen MR) is 127 cm³/mol. The van der Waals surface area contributed by atoms with Crippen LogP contribution in [0.25, 0.3) is 0 Å². The second-order valence-corrected chi connectivity index (χ2v) is 10.6. The molecule has 1 aliphatic heterocycles. The van der Waals surface area contributed by atoms with Crippen LogP contribution in [-0.4, -0.2) is 44.0 Å². The fraction of sp³-hybridized carbons (Fsp3) is 0.227. The fourth-order valence-electron chi connectivity index (χ4n) is 2.55. The Labute approximate surface area is 199 Å². The van der Waals surface area contributed by atoms with E-state index in [0.29, 0.717) is 10.9 Å². The summed E-state index contributed by atoms with van der Waals surface area (Å²) in [5.74, 6) is 0.604. The van der Waals surface area contributed by atoms with Gasteiger partial charge in [-0.3, -0.25) is 14.1 Å². The van der Waals surface area contributed by atoms with Crippen LogP contribution in [0.5, 0.6) is 0 Å².